The van der Waals surface area contributed by atoms with E-state index in [-0.39, 0.29) is 56.9 Å². The van der Waals surface area contributed by atoms with Gasteiger partial charge in [-0.05, 0) is 31.9 Å². The van der Waals surface area contributed by atoms with E-state index < -0.39 is 5.97 Å². The zero-order valence-electron chi connectivity index (χ0n) is 9.93. The van der Waals surface area contributed by atoms with Gasteiger partial charge in [-0.1, -0.05) is 6.07 Å². The van der Waals surface area contributed by atoms with Gasteiger partial charge < -0.3 is 9.90 Å². The molecule has 2 heterocycles. The quantitative estimate of drug-likeness (QED) is 0.576. The van der Waals surface area contributed by atoms with Crippen LogP contribution in [0.15, 0.2) is 18.2 Å². The van der Waals surface area contributed by atoms with E-state index in [1.807, 2.05) is 19.1 Å². The summed E-state index contributed by atoms with van der Waals surface area (Å²) in [6.45, 7) is 1.91. The molecule has 0 amide bonds. The molecular formula is C12H11KN2O2. The average Bonchev–Trinajstić information content (AvgIpc) is 2.99. The fraction of sp³-hybridized carbons (Fsp3) is 0.333. The zero-order chi connectivity index (χ0) is 11.3. The molecule has 0 N–H and O–H groups in total. The topological polar surface area (TPSA) is 57.4 Å². The van der Waals surface area contributed by atoms with Gasteiger partial charge in [0.25, 0.3) is 0 Å². The summed E-state index contributed by atoms with van der Waals surface area (Å²) in [7, 11) is 0. The van der Waals surface area contributed by atoms with Gasteiger partial charge in [0.2, 0.25) is 0 Å². The first-order chi connectivity index (χ1) is 7.68. The van der Waals surface area contributed by atoms with Crippen LogP contribution in [0.1, 0.15) is 40.5 Å². The first kappa shape index (κ1) is 13.2. The number of carboxylic acids is 1. The van der Waals surface area contributed by atoms with Gasteiger partial charge in [-0.3, -0.25) is 0 Å². The number of rotatable bonds is 2. The molecule has 0 unspecified atom stereocenters. The van der Waals surface area contributed by atoms with Crippen molar-refractivity contribution in [3.05, 3.63) is 35.2 Å². The van der Waals surface area contributed by atoms with Crippen molar-refractivity contribution in [2.24, 2.45) is 0 Å². The molecule has 0 spiro atoms. The molecule has 17 heavy (non-hydrogen) atoms. The number of fused-ring (bicyclic) bond motifs is 1. The zero-order valence-corrected chi connectivity index (χ0v) is 13.1. The smallest absolute Gasteiger partial charge is 0.545 e. The Morgan fingerprint density at radius 2 is 2.18 bits per heavy atom. The molecule has 1 saturated carbocycles. The second-order valence-corrected chi connectivity index (χ2v) is 4.29. The van der Waals surface area contributed by atoms with Crippen molar-refractivity contribution in [2.75, 3.05) is 0 Å². The van der Waals surface area contributed by atoms with Crippen LogP contribution in [0.4, 0.5) is 0 Å². The number of hydrogen-bond donors (Lipinski definition) is 0. The molecule has 0 atom stereocenters. The standard InChI is InChI=1S/C12H12N2O2.K/c1-7-3-2-4-9-10(12(15)16)11(8-5-6-8)13-14(7)9;/h2-4,8H,5-6H2,1H3,(H,15,16);/q;+1/p-1. The summed E-state index contributed by atoms with van der Waals surface area (Å²) in [6, 6.07) is 5.53. The molecule has 82 valence electrons. The van der Waals surface area contributed by atoms with E-state index in [9.17, 15) is 9.90 Å². The molecule has 3 rings (SSSR count). The van der Waals surface area contributed by atoms with Crippen molar-refractivity contribution < 1.29 is 61.3 Å². The molecule has 4 nitrogen and oxygen atoms in total. The number of carbonyl (C=O) groups excluding carboxylic acids is 1. The minimum Gasteiger partial charge on any atom is -0.545 e. The fourth-order valence-electron chi connectivity index (χ4n) is 2.07. The molecule has 1 fully saturated rings. The number of hydrogen-bond acceptors (Lipinski definition) is 3. The first-order valence-electron chi connectivity index (χ1n) is 5.38. The minimum absolute atomic E-state index is 0. The number of pyridine rings is 1. The molecule has 5 heteroatoms. The Labute approximate surface area is 141 Å². The summed E-state index contributed by atoms with van der Waals surface area (Å²) in [4.78, 5) is 11.2. The summed E-state index contributed by atoms with van der Waals surface area (Å²) >= 11 is 0. The SMILES string of the molecule is Cc1cccc2c(C(=O)[O-])c(C3CC3)nn12.[K+]. The van der Waals surface area contributed by atoms with Crippen LogP contribution in [0, 0.1) is 6.92 Å². The molecule has 0 radical (unpaired) electrons. The maximum atomic E-state index is 11.2. The largest absolute Gasteiger partial charge is 1.00 e. The molecule has 0 aliphatic heterocycles. The van der Waals surface area contributed by atoms with Crippen LogP contribution in [-0.4, -0.2) is 15.6 Å². The normalized spacial score (nSPS) is 14.6. The predicted molar refractivity (Wildman–Crippen MR) is 56.2 cm³/mol. The third-order valence-electron chi connectivity index (χ3n) is 3.04. The molecule has 0 aromatic carbocycles. The number of nitrogens with zero attached hydrogens (tertiary/aromatic N) is 2. The van der Waals surface area contributed by atoms with Crippen molar-refractivity contribution in [3.63, 3.8) is 0 Å². The van der Waals surface area contributed by atoms with Crippen molar-refractivity contribution in [1.29, 1.82) is 0 Å². The van der Waals surface area contributed by atoms with Gasteiger partial charge in [0.05, 0.1) is 17.2 Å². The maximum absolute atomic E-state index is 11.2. The van der Waals surface area contributed by atoms with Gasteiger partial charge in [0.15, 0.2) is 0 Å². The summed E-state index contributed by atoms with van der Waals surface area (Å²) in [5, 5.41) is 15.6. The second kappa shape index (κ2) is 4.82. The molecule has 1 aliphatic rings. The molecular weight excluding hydrogens is 243 g/mol. The van der Waals surface area contributed by atoms with Gasteiger partial charge in [0, 0.05) is 17.2 Å². The Bertz CT molecular complexity index is 587. The van der Waals surface area contributed by atoms with Crippen molar-refractivity contribution in [1.82, 2.24) is 9.61 Å². The van der Waals surface area contributed by atoms with Crippen LogP contribution in [0.2, 0.25) is 0 Å². The minimum atomic E-state index is -1.12. The van der Waals surface area contributed by atoms with Crippen molar-refractivity contribution >= 4 is 11.5 Å². The van der Waals surface area contributed by atoms with Crippen molar-refractivity contribution in [2.45, 2.75) is 25.7 Å². The summed E-state index contributed by atoms with van der Waals surface area (Å²) in [5.74, 6) is -0.810. The number of aromatic nitrogens is 2. The monoisotopic (exact) mass is 254 g/mol. The van der Waals surface area contributed by atoms with E-state index in [1.54, 1.807) is 10.6 Å². The third-order valence-corrected chi connectivity index (χ3v) is 3.04. The Kier molecular flexibility index (Phi) is 3.75. The van der Waals surface area contributed by atoms with Gasteiger partial charge >= 0.3 is 51.4 Å². The Balaban J connectivity index is 0.00000108. The van der Waals surface area contributed by atoms with Gasteiger partial charge in [-0.25, -0.2) is 4.52 Å². The molecule has 0 bridgehead atoms. The second-order valence-electron chi connectivity index (χ2n) is 4.29. The van der Waals surface area contributed by atoms with Crippen LogP contribution in [0.3, 0.4) is 0 Å². The molecule has 2 aromatic rings. The Hall–Kier alpha value is -0.204. The number of aromatic carboxylic acids is 1. The third kappa shape index (κ3) is 2.22. The van der Waals surface area contributed by atoms with Crippen LogP contribution in [0.25, 0.3) is 5.52 Å². The fourth-order valence-corrected chi connectivity index (χ4v) is 2.07. The van der Waals surface area contributed by atoms with E-state index in [4.69, 9.17) is 0 Å². The summed E-state index contributed by atoms with van der Waals surface area (Å²) < 4.78 is 1.69. The van der Waals surface area contributed by atoms with E-state index in [0.717, 1.165) is 18.5 Å². The van der Waals surface area contributed by atoms with E-state index in [0.29, 0.717) is 17.1 Å². The Morgan fingerprint density at radius 1 is 1.47 bits per heavy atom. The predicted octanol–water partition coefficient (Wildman–Crippen LogP) is -2.11. The van der Waals surface area contributed by atoms with Crippen LogP contribution >= 0.6 is 0 Å². The van der Waals surface area contributed by atoms with Crippen LogP contribution < -0.4 is 56.5 Å². The molecule has 2 aromatic heterocycles. The number of carboxylic acid groups (broad SMARTS) is 1. The van der Waals surface area contributed by atoms with Gasteiger partial charge in [-0.2, -0.15) is 5.10 Å². The molecule has 0 saturated heterocycles. The van der Waals surface area contributed by atoms with Gasteiger partial charge in [0.1, 0.15) is 0 Å². The van der Waals surface area contributed by atoms with Crippen LogP contribution in [-0.2, 0) is 0 Å². The van der Waals surface area contributed by atoms with E-state index in [2.05, 4.69) is 5.10 Å². The van der Waals surface area contributed by atoms with E-state index >= 15 is 0 Å². The number of carbonyl (C=O) groups is 1. The maximum Gasteiger partial charge on any atom is 1.00 e. The average molecular weight is 254 g/mol. The van der Waals surface area contributed by atoms with Crippen LogP contribution in [0.5, 0.6) is 0 Å². The summed E-state index contributed by atoms with van der Waals surface area (Å²) in [6.07, 6.45) is 2.06. The molecule has 1 aliphatic carbocycles. The number of aryl methyl sites for hydroxylation is 1. The summed E-state index contributed by atoms with van der Waals surface area (Å²) in [5.41, 5.74) is 2.54. The Morgan fingerprint density at radius 3 is 2.76 bits per heavy atom. The first-order valence-corrected chi connectivity index (χ1v) is 5.38. The van der Waals surface area contributed by atoms with Crippen molar-refractivity contribution in [3.8, 4) is 0 Å². The van der Waals surface area contributed by atoms with E-state index in [1.165, 1.54) is 0 Å². The van der Waals surface area contributed by atoms with Gasteiger partial charge in [-0.15, -0.1) is 0 Å².